The first-order valence-corrected chi connectivity index (χ1v) is 15.5. The summed E-state index contributed by atoms with van der Waals surface area (Å²) in [6.45, 7) is 8.57. The second-order valence-corrected chi connectivity index (χ2v) is 12.2. The second kappa shape index (κ2) is 14.6. The Bertz CT molecular complexity index is 1080. The Kier molecular flexibility index (Phi) is 11.5. The van der Waals surface area contributed by atoms with Crippen LogP contribution >= 0.6 is 0 Å². The summed E-state index contributed by atoms with van der Waals surface area (Å²) in [5.41, 5.74) is 1.13. The zero-order valence-corrected chi connectivity index (χ0v) is 24.3. The van der Waals surface area contributed by atoms with Crippen molar-refractivity contribution in [3.8, 4) is 0 Å². The molecule has 1 aliphatic rings. The van der Waals surface area contributed by atoms with Gasteiger partial charge in [-0.15, -0.1) is 0 Å². The molecule has 0 bridgehead atoms. The van der Waals surface area contributed by atoms with E-state index in [4.69, 9.17) is 0 Å². The molecule has 3 rings (SSSR count). The van der Waals surface area contributed by atoms with Gasteiger partial charge in [-0.1, -0.05) is 44.2 Å². The summed E-state index contributed by atoms with van der Waals surface area (Å²) in [6.07, 6.45) is 5.05. The van der Waals surface area contributed by atoms with Gasteiger partial charge in [0.05, 0.1) is 18.3 Å². The number of aromatic nitrogens is 3. The van der Waals surface area contributed by atoms with Crippen LogP contribution in [0.1, 0.15) is 69.2 Å². The Hall–Kier alpha value is -2.50. The van der Waals surface area contributed by atoms with Gasteiger partial charge >= 0.3 is 6.03 Å². The van der Waals surface area contributed by atoms with Gasteiger partial charge in [0.1, 0.15) is 5.82 Å². The fraction of sp³-hybridized carbons (Fsp3) is 0.667. The predicted octanol–water partition coefficient (Wildman–Crippen LogP) is 3.51. The van der Waals surface area contributed by atoms with Gasteiger partial charge in [0, 0.05) is 27.2 Å². The topological polar surface area (TPSA) is 106 Å². The van der Waals surface area contributed by atoms with E-state index in [1.54, 1.807) is 19.0 Å². The van der Waals surface area contributed by atoms with Crippen LogP contribution < -0.4 is 0 Å². The number of nitrogens with one attached hydrogen (secondary N) is 1. The monoisotopic (exact) mass is 547 g/mol. The molecule has 38 heavy (non-hydrogen) atoms. The maximum absolute atomic E-state index is 13.3. The van der Waals surface area contributed by atoms with Crippen molar-refractivity contribution in [2.75, 3.05) is 52.6 Å². The van der Waals surface area contributed by atoms with Crippen LogP contribution in [0.4, 0.5) is 4.79 Å². The van der Waals surface area contributed by atoms with E-state index in [1.807, 2.05) is 35.2 Å². The number of carbonyl (C=O) groups excluding carboxylic acids is 1. The summed E-state index contributed by atoms with van der Waals surface area (Å²) < 4.78 is 28.1. The van der Waals surface area contributed by atoms with E-state index in [-0.39, 0.29) is 18.3 Å². The number of urea groups is 1. The van der Waals surface area contributed by atoms with Crippen molar-refractivity contribution in [3.63, 3.8) is 0 Å². The molecular formula is C27H45N7O3S. The van der Waals surface area contributed by atoms with Crippen molar-refractivity contribution in [2.45, 2.75) is 65.0 Å². The Labute approximate surface area is 228 Å². The first-order chi connectivity index (χ1) is 18.2. The summed E-state index contributed by atoms with van der Waals surface area (Å²) >= 11 is 0. The molecule has 1 N–H and O–H groups in total. The number of aromatic amines is 1. The van der Waals surface area contributed by atoms with Crippen molar-refractivity contribution in [3.05, 3.63) is 47.5 Å². The Morgan fingerprint density at radius 1 is 1.08 bits per heavy atom. The average molecular weight is 548 g/mol. The number of sulfonamides is 1. The fourth-order valence-corrected chi connectivity index (χ4v) is 6.29. The summed E-state index contributed by atoms with van der Waals surface area (Å²) in [5, 5.41) is 7.37. The number of nitrogens with zero attached hydrogens (tertiary/aromatic N) is 6. The molecule has 0 spiro atoms. The Balaban J connectivity index is 1.72. The van der Waals surface area contributed by atoms with Gasteiger partial charge in [-0.3, -0.25) is 5.10 Å². The highest BCUT2D eigenvalue weighted by molar-refractivity contribution is 7.89. The third-order valence-corrected chi connectivity index (χ3v) is 9.32. The summed E-state index contributed by atoms with van der Waals surface area (Å²) in [5.74, 6) is 1.06. The smallest absolute Gasteiger partial charge is 0.320 e. The highest BCUT2D eigenvalue weighted by Gasteiger charge is 2.30. The summed E-state index contributed by atoms with van der Waals surface area (Å²) in [4.78, 5) is 23.2. The summed E-state index contributed by atoms with van der Waals surface area (Å²) in [7, 11) is -0.133. The lowest BCUT2D eigenvalue weighted by atomic mass is 10.1. The first kappa shape index (κ1) is 30.0. The van der Waals surface area contributed by atoms with Gasteiger partial charge in [-0.2, -0.15) is 9.40 Å². The number of hydrogen-bond donors (Lipinski definition) is 1. The molecule has 1 atom stereocenters. The van der Waals surface area contributed by atoms with Crippen LogP contribution in [0.5, 0.6) is 0 Å². The van der Waals surface area contributed by atoms with E-state index in [1.165, 1.54) is 4.31 Å². The van der Waals surface area contributed by atoms with E-state index >= 15 is 0 Å². The second-order valence-electron chi connectivity index (χ2n) is 10.1. The van der Waals surface area contributed by atoms with E-state index < -0.39 is 16.1 Å². The molecule has 212 valence electrons. The largest absolute Gasteiger partial charge is 0.325 e. The van der Waals surface area contributed by atoms with Crippen LogP contribution in [0.15, 0.2) is 30.3 Å². The Morgan fingerprint density at radius 3 is 2.42 bits per heavy atom. The lowest BCUT2D eigenvalue weighted by Gasteiger charge is -2.30. The van der Waals surface area contributed by atoms with Crippen LogP contribution in [0, 0.1) is 0 Å². The quantitative estimate of drug-likeness (QED) is 0.388. The van der Waals surface area contributed by atoms with E-state index in [2.05, 4.69) is 33.9 Å². The van der Waals surface area contributed by atoms with Crippen molar-refractivity contribution in [1.29, 1.82) is 0 Å². The molecule has 0 radical (unpaired) electrons. The fourth-order valence-electron chi connectivity index (χ4n) is 4.92. The number of H-pyrrole nitrogens is 1. The minimum atomic E-state index is -3.52. The molecule has 11 heteroatoms. The molecule has 2 aromatic rings. The number of benzene rings is 1. The summed E-state index contributed by atoms with van der Waals surface area (Å²) in [6, 6.07) is 9.49. The number of carbonyl (C=O) groups is 1. The number of likely N-dealkylation sites (tertiary alicyclic amines) is 1. The molecule has 0 saturated carbocycles. The number of piperidine rings is 1. The molecule has 2 heterocycles. The van der Waals surface area contributed by atoms with Gasteiger partial charge in [0.15, 0.2) is 5.82 Å². The Morgan fingerprint density at radius 2 is 1.76 bits per heavy atom. The normalized spacial score (nSPS) is 15.3. The number of aryl methyl sites for hydroxylation is 1. The van der Waals surface area contributed by atoms with Crippen LogP contribution in [0.2, 0.25) is 0 Å². The molecule has 1 aromatic carbocycles. The molecule has 0 aliphatic carbocycles. The maximum Gasteiger partial charge on any atom is 0.320 e. The van der Waals surface area contributed by atoms with Gasteiger partial charge in [0.25, 0.3) is 0 Å². The highest BCUT2D eigenvalue weighted by Crippen LogP contribution is 2.26. The van der Waals surface area contributed by atoms with Crippen LogP contribution in [-0.2, 0) is 23.0 Å². The number of rotatable bonds is 14. The lowest BCUT2D eigenvalue weighted by molar-refractivity contribution is 0.150. The molecular weight excluding hydrogens is 502 g/mol. The van der Waals surface area contributed by atoms with Gasteiger partial charge in [-0.05, 0) is 63.7 Å². The molecule has 1 aromatic heterocycles. The van der Waals surface area contributed by atoms with Crippen molar-refractivity contribution in [2.24, 2.45) is 0 Å². The zero-order chi connectivity index (χ0) is 27.5. The third kappa shape index (κ3) is 8.51. The van der Waals surface area contributed by atoms with Gasteiger partial charge in [-0.25, -0.2) is 18.2 Å². The number of amides is 2. The van der Waals surface area contributed by atoms with Gasteiger partial charge in [0.2, 0.25) is 10.0 Å². The van der Waals surface area contributed by atoms with E-state index in [9.17, 15) is 13.2 Å². The molecule has 1 fully saturated rings. The molecule has 2 amide bonds. The third-order valence-electron chi connectivity index (χ3n) is 7.39. The standard InChI is InChI=1S/C27H45N7O3S/c1-5-33(6-2)18-13-21-38(36,37)32(4)24(17-16-23-14-9-7-10-15-23)26-28-25(29-30-26)22-31(3)27(35)34-19-11-8-12-20-34/h7,9-10,14-15,24H,5-6,8,11-13,16-22H2,1-4H3,(H,28,29,30)/t24-/m1/s1. The average Bonchev–Trinajstić information content (AvgIpc) is 3.39. The molecule has 1 saturated heterocycles. The highest BCUT2D eigenvalue weighted by atomic mass is 32.2. The SMILES string of the molecule is CCN(CC)CCCS(=O)(=O)N(C)[C@H](CCc1ccccc1)c1n[nH]c(CN(C)C(=O)N2CCCCC2)n1. The minimum Gasteiger partial charge on any atom is -0.325 e. The van der Waals surface area contributed by atoms with Crippen molar-refractivity contribution < 1.29 is 13.2 Å². The van der Waals surface area contributed by atoms with Crippen LogP contribution in [0.3, 0.4) is 0 Å². The minimum absolute atomic E-state index is 0.0174. The van der Waals surface area contributed by atoms with Crippen molar-refractivity contribution in [1.82, 2.24) is 34.2 Å². The van der Waals surface area contributed by atoms with E-state index in [0.29, 0.717) is 30.9 Å². The first-order valence-electron chi connectivity index (χ1n) is 13.9. The van der Waals surface area contributed by atoms with Crippen molar-refractivity contribution >= 4 is 16.1 Å². The lowest BCUT2D eigenvalue weighted by Crippen LogP contribution is -2.43. The predicted molar refractivity (Wildman–Crippen MR) is 150 cm³/mol. The van der Waals surface area contributed by atoms with Crippen LogP contribution in [0.25, 0.3) is 0 Å². The molecule has 1 aliphatic heterocycles. The molecule has 10 nitrogen and oxygen atoms in total. The zero-order valence-electron chi connectivity index (χ0n) is 23.5. The maximum atomic E-state index is 13.3. The van der Waals surface area contributed by atoms with E-state index in [0.717, 1.165) is 57.5 Å². The van der Waals surface area contributed by atoms with Crippen LogP contribution in [-0.4, -0.2) is 101 Å². The molecule has 0 unspecified atom stereocenters. The number of hydrogen-bond acceptors (Lipinski definition) is 6. The van der Waals surface area contributed by atoms with Gasteiger partial charge < -0.3 is 14.7 Å².